The van der Waals surface area contributed by atoms with Crippen LogP contribution in [0.25, 0.3) is 0 Å². The van der Waals surface area contributed by atoms with Crippen LogP contribution in [0, 0.1) is 0 Å². The van der Waals surface area contributed by atoms with Gasteiger partial charge in [0.15, 0.2) is 0 Å². The van der Waals surface area contributed by atoms with Gasteiger partial charge in [-0.15, -0.1) is 0 Å². The molecule has 1 fully saturated rings. The topological polar surface area (TPSA) is 58.4 Å². The van der Waals surface area contributed by atoms with Crippen LogP contribution in [0.4, 0.5) is 11.4 Å². The van der Waals surface area contributed by atoms with Crippen molar-refractivity contribution in [2.75, 3.05) is 24.2 Å². The Bertz CT molecular complexity index is 436. The normalized spacial score (nSPS) is 19.4. The Morgan fingerprint density at radius 2 is 2.35 bits per heavy atom. The Morgan fingerprint density at radius 3 is 3.06 bits per heavy atom. The van der Waals surface area contributed by atoms with Gasteiger partial charge in [-0.25, -0.2) is 0 Å². The van der Waals surface area contributed by atoms with Gasteiger partial charge in [0.05, 0.1) is 16.4 Å². The van der Waals surface area contributed by atoms with Crippen LogP contribution in [-0.2, 0) is 4.79 Å². The SMILES string of the molecule is CNC(=O)C1CCCN1c1cccc(Cl)c1N. The first-order valence-electron chi connectivity index (χ1n) is 5.67. The number of likely N-dealkylation sites (N-methyl/N-ethyl adjacent to an activating group) is 1. The van der Waals surface area contributed by atoms with Crippen LogP contribution in [0.3, 0.4) is 0 Å². The van der Waals surface area contributed by atoms with Crippen molar-refractivity contribution in [3.05, 3.63) is 23.2 Å². The number of hydrogen-bond acceptors (Lipinski definition) is 3. The third kappa shape index (κ3) is 2.17. The van der Waals surface area contributed by atoms with Crippen molar-refractivity contribution >= 4 is 28.9 Å². The summed E-state index contributed by atoms with van der Waals surface area (Å²) in [6.45, 7) is 0.836. The second kappa shape index (κ2) is 4.84. The van der Waals surface area contributed by atoms with E-state index in [0.717, 1.165) is 25.1 Å². The number of para-hydroxylation sites is 1. The lowest BCUT2D eigenvalue weighted by Gasteiger charge is -2.26. The molecule has 0 aromatic heterocycles. The highest BCUT2D eigenvalue weighted by atomic mass is 35.5. The quantitative estimate of drug-likeness (QED) is 0.788. The molecular formula is C12H16ClN3O. The third-order valence-corrected chi connectivity index (χ3v) is 3.47. The van der Waals surface area contributed by atoms with Gasteiger partial charge in [-0.3, -0.25) is 4.79 Å². The zero-order valence-corrected chi connectivity index (χ0v) is 10.5. The Labute approximate surface area is 106 Å². The van der Waals surface area contributed by atoms with E-state index in [4.69, 9.17) is 17.3 Å². The summed E-state index contributed by atoms with van der Waals surface area (Å²) < 4.78 is 0. The van der Waals surface area contributed by atoms with Crippen LogP contribution in [0.15, 0.2) is 18.2 Å². The first-order chi connectivity index (χ1) is 8.15. The zero-order chi connectivity index (χ0) is 12.4. The van der Waals surface area contributed by atoms with Gasteiger partial charge in [0.1, 0.15) is 6.04 Å². The minimum atomic E-state index is -0.138. The Kier molecular flexibility index (Phi) is 3.43. The fourth-order valence-electron chi connectivity index (χ4n) is 2.27. The average molecular weight is 254 g/mol. The molecule has 2 rings (SSSR count). The fourth-order valence-corrected chi connectivity index (χ4v) is 2.44. The Hall–Kier alpha value is -1.42. The summed E-state index contributed by atoms with van der Waals surface area (Å²) in [5.41, 5.74) is 7.36. The molecule has 1 aliphatic heterocycles. The summed E-state index contributed by atoms with van der Waals surface area (Å²) in [5.74, 6) is 0.0295. The van der Waals surface area contributed by atoms with Gasteiger partial charge in [0, 0.05) is 13.6 Å². The monoisotopic (exact) mass is 253 g/mol. The van der Waals surface area contributed by atoms with Gasteiger partial charge >= 0.3 is 0 Å². The molecule has 1 amide bonds. The molecule has 1 aromatic carbocycles. The molecule has 0 aliphatic carbocycles. The maximum atomic E-state index is 11.8. The van der Waals surface area contributed by atoms with E-state index >= 15 is 0 Å². The number of hydrogen-bond donors (Lipinski definition) is 2. The van der Waals surface area contributed by atoms with E-state index in [2.05, 4.69) is 5.32 Å². The number of nitrogens with one attached hydrogen (secondary N) is 1. The lowest BCUT2D eigenvalue weighted by Crippen LogP contribution is -2.42. The molecule has 1 aliphatic rings. The van der Waals surface area contributed by atoms with Crippen LogP contribution in [0.1, 0.15) is 12.8 Å². The molecule has 1 atom stereocenters. The van der Waals surface area contributed by atoms with E-state index in [1.807, 2.05) is 17.0 Å². The molecule has 1 unspecified atom stereocenters. The molecule has 1 heterocycles. The Balaban J connectivity index is 2.32. The Morgan fingerprint density at radius 1 is 1.59 bits per heavy atom. The van der Waals surface area contributed by atoms with Crippen LogP contribution in [0.5, 0.6) is 0 Å². The summed E-state index contributed by atoms with van der Waals surface area (Å²) in [7, 11) is 1.65. The van der Waals surface area contributed by atoms with E-state index < -0.39 is 0 Å². The van der Waals surface area contributed by atoms with Crippen molar-refractivity contribution in [1.29, 1.82) is 0 Å². The molecule has 5 heteroatoms. The summed E-state index contributed by atoms with van der Waals surface area (Å²) in [6, 6.07) is 5.38. The number of nitrogen functional groups attached to an aromatic ring is 1. The van der Waals surface area contributed by atoms with E-state index in [1.165, 1.54) is 0 Å². The van der Waals surface area contributed by atoms with E-state index in [-0.39, 0.29) is 11.9 Å². The molecule has 92 valence electrons. The molecule has 0 saturated carbocycles. The summed E-state index contributed by atoms with van der Waals surface area (Å²) >= 11 is 6.00. The van der Waals surface area contributed by atoms with Crippen molar-refractivity contribution in [2.24, 2.45) is 0 Å². The average Bonchev–Trinajstić information content (AvgIpc) is 2.80. The van der Waals surface area contributed by atoms with Crippen LogP contribution < -0.4 is 16.0 Å². The minimum Gasteiger partial charge on any atom is -0.396 e. The number of carbonyl (C=O) groups excluding carboxylic acids is 1. The van der Waals surface area contributed by atoms with Gasteiger partial charge in [0.2, 0.25) is 5.91 Å². The molecule has 0 spiro atoms. The van der Waals surface area contributed by atoms with Gasteiger partial charge in [-0.05, 0) is 25.0 Å². The first kappa shape index (κ1) is 12.0. The highest BCUT2D eigenvalue weighted by Gasteiger charge is 2.31. The largest absolute Gasteiger partial charge is 0.396 e. The zero-order valence-electron chi connectivity index (χ0n) is 9.74. The lowest BCUT2D eigenvalue weighted by atomic mass is 10.2. The van der Waals surface area contributed by atoms with E-state index in [0.29, 0.717) is 10.7 Å². The highest BCUT2D eigenvalue weighted by Crippen LogP contribution is 2.34. The van der Waals surface area contributed by atoms with Crippen molar-refractivity contribution in [2.45, 2.75) is 18.9 Å². The number of benzene rings is 1. The summed E-state index contributed by atoms with van der Waals surface area (Å²) in [4.78, 5) is 13.8. The molecule has 0 bridgehead atoms. The van der Waals surface area contributed by atoms with Gasteiger partial charge in [0.25, 0.3) is 0 Å². The van der Waals surface area contributed by atoms with Crippen molar-refractivity contribution < 1.29 is 4.79 Å². The number of halogens is 1. The van der Waals surface area contributed by atoms with Crippen molar-refractivity contribution in [1.82, 2.24) is 5.32 Å². The van der Waals surface area contributed by atoms with E-state index in [9.17, 15) is 4.79 Å². The van der Waals surface area contributed by atoms with Crippen LogP contribution in [-0.4, -0.2) is 25.5 Å². The van der Waals surface area contributed by atoms with Crippen LogP contribution >= 0.6 is 11.6 Å². The lowest BCUT2D eigenvalue weighted by molar-refractivity contribution is -0.121. The number of nitrogens with zero attached hydrogens (tertiary/aromatic N) is 1. The van der Waals surface area contributed by atoms with E-state index in [1.54, 1.807) is 13.1 Å². The highest BCUT2D eigenvalue weighted by molar-refractivity contribution is 6.33. The molecule has 1 saturated heterocycles. The third-order valence-electron chi connectivity index (χ3n) is 3.14. The maximum Gasteiger partial charge on any atom is 0.242 e. The van der Waals surface area contributed by atoms with Crippen molar-refractivity contribution in [3.63, 3.8) is 0 Å². The molecule has 4 nitrogen and oxygen atoms in total. The minimum absolute atomic E-state index is 0.0295. The summed E-state index contributed by atoms with van der Waals surface area (Å²) in [5, 5.41) is 3.22. The number of rotatable bonds is 2. The smallest absolute Gasteiger partial charge is 0.242 e. The molecular weight excluding hydrogens is 238 g/mol. The maximum absolute atomic E-state index is 11.8. The second-order valence-electron chi connectivity index (χ2n) is 4.14. The molecule has 1 aromatic rings. The number of nitrogens with two attached hydrogens (primary N) is 1. The number of carbonyl (C=O) groups is 1. The molecule has 0 radical (unpaired) electrons. The molecule has 17 heavy (non-hydrogen) atoms. The molecule has 3 N–H and O–H groups in total. The van der Waals surface area contributed by atoms with Crippen molar-refractivity contribution in [3.8, 4) is 0 Å². The number of amides is 1. The predicted molar refractivity (Wildman–Crippen MR) is 70.3 cm³/mol. The second-order valence-corrected chi connectivity index (χ2v) is 4.55. The standard InChI is InChI=1S/C12H16ClN3O/c1-15-12(17)10-6-3-7-16(10)9-5-2-4-8(13)11(9)14/h2,4-5,10H,3,6-7,14H2,1H3,(H,15,17). The summed E-state index contributed by atoms with van der Waals surface area (Å²) in [6.07, 6.45) is 1.84. The van der Waals surface area contributed by atoms with Gasteiger partial charge < -0.3 is 16.0 Å². The number of anilines is 2. The first-order valence-corrected chi connectivity index (χ1v) is 6.05. The predicted octanol–water partition coefficient (Wildman–Crippen LogP) is 1.64. The fraction of sp³-hybridized carbons (Fsp3) is 0.417. The van der Waals surface area contributed by atoms with Gasteiger partial charge in [-0.1, -0.05) is 17.7 Å². The van der Waals surface area contributed by atoms with Crippen LogP contribution in [0.2, 0.25) is 5.02 Å². The van der Waals surface area contributed by atoms with Gasteiger partial charge in [-0.2, -0.15) is 0 Å².